The molecule has 2 saturated heterocycles. The smallest absolute Gasteiger partial charge is 0.252 e. The Bertz CT molecular complexity index is 1350. The van der Waals surface area contributed by atoms with Gasteiger partial charge in [-0.05, 0) is 68.5 Å². The van der Waals surface area contributed by atoms with Crippen molar-refractivity contribution in [2.45, 2.75) is 71.0 Å². The number of piperidine rings is 2. The summed E-state index contributed by atoms with van der Waals surface area (Å²) in [5, 5.41) is 4.04. The van der Waals surface area contributed by atoms with Crippen molar-refractivity contribution in [2.75, 3.05) is 32.7 Å². The molecule has 41 heavy (non-hydrogen) atoms. The highest BCUT2D eigenvalue weighted by atomic mass is 16.2. The maximum atomic E-state index is 14.0. The van der Waals surface area contributed by atoms with Crippen LogP contribution < -0.4 is 5.32 Å². The maximum absolute atomic E-state index is 14.0. The van der Waals surface area contributed by atoms with Crippen LogP contribution in [0.5, 0.6) is 0 Å². The van der Waals surface area contributed by atoms with Crippen molar-refractivity contribution in [2.24, 2.45) is 0 Å². The predicted octanol–water partition coefficient (Wildman–Crippen LogP) is 4.03. The van der Waals surface area contributed by atoms with Crippen molar-refractivity contribution >= 4 is 28.6 Å². The molecule has 0 spiro atoms. The summed E-state index contributed by atoms with van der Waals surface area (Å²) in [5.74, 6) is -0.904. The number of hydrogen-bond donors (Lipinski definition) is 2. The van der Waals surface area contributed by atoms with Gasteiger partial charge in [0.15, 0.2) is 0 Å². The van der Waals surface area contributed by atoms with E-state index in [0.717, 1.165) is 53.5 Å². The minimum atomic E-state index is -0.861. The SMILES string of the molecule is CC(=O)N(Cc1ccccc1C)C(=O)C(Cc1c[nH]c2ccccc12)NC(=O)CN1CCC(N2CCCCC2)CC1. The third kappa shape index (κ3) is 7.24. The Balaban J connectivity index is 1.29. The first-order valence-corrected chi connectivity index (χ1v) is 15.1. The number of fused-ring (bicyclic) bond motifs is 1. The van der Waals surface area contributed by atoms with Crippen LogP contribution in [-0.4, -0.2) is 82.2 Å². The average molecular weight is 558 g/mol. The normalized spacial score (nSPS) is 17.8. The van der Waals surface area contributed by atoms with Gasteiger partial charge in [0, 0.05) is 49.6 Å². The molecule has 3 amide bonds. The molecular formula is C33H43N5O3. The van der Waals surface area contributed by atoms with Gasteiger partial charge in [0.05, 0.1) is 13.1 Å². The van der Waals surface area contributed by atoms with Crippen molar-refractivity contribution in [3.8, 4) is 0 Å². The lowest BCUT2D eigenvalue weighted by Gasteiger charge is -2.40. The predicted molar refractivity (Wildman–Crippen MR) is 161 cm³/mol. The summed E-state index contributed by atoms with van der Waals surface area (Å²) in [6, 6.07) is 15.4. The number of amides is 3. The minimum absolute atomic E-state index is 0.172. The van der Waals surface area contributed by atoms with Crippen molar-refractivity contribution in [1.82, 2.24) is 25.0 Å². The molecule has 2 fully saturated rings. The zero-order valence-corrected chi connectivity index (χ0v) is 24.4. The molecule has 3 aromatic rings. The third-order valence-electron chi connectivity index (χ3n) is 8.80. The molecular weight excluding hydrogens is 514 g/mol. The number of para-hydroxylation sites is 1. The number of aryl methyl sites for hydroxylation is 1. The van der Waals surface area contributed by atoms with E-state index in [1.807, 2.05) is 61.7 Å². The van der Waals surface area contributed by atoms with Gasteiger partial charge in [-0.2, -0.15) is 0 Å². The first-order chi connectivity index (χ1) is 19.9. The van der Waals surface area contributed by atoms with Gasteiger partial charge in [-0.1, -0.05) is 48.9 Å². The van der Waals surface area contributed by atoms with Crippen LogP contribution in [0.1, 0.15) is 55.7 Å². The number of likely N-dealkylation sites (tertiary alicyclic amines) is 2. The van der Waals surface area contributed by atoms with Gasteiger partial charge in [0.1, 0.15) is 6.04 Å². The van der Waals surface area contributed by atoms with E-state index in [2.05, 4.69) is 20.1 Å². The lowest BCUT2D eigenvalue weighted by atomic mass is 10.00. The number of H-pyrrole nitrogens is 1. The molecule has 3 heterocycles. The van der Waals surface area contributed by atoms with Crippen molar-refractivity contribution in [3.63, 3.8) is 0 Å². The van der Waals surface area contributed by atoms with Crippen LogP contribution >= 0.6 is 0 Å². The molecule has 0 bridgehead atoms. The molecule has 8 heteroatoms. The van der Waals surface area contributed by atoms with E-state index < -0.39 is 6.04 Å². The maximum Gasteiger partial charge on any atom is 0.252 e. The summed E-state index contributed by atoms with van der Waals surface area (Å²) < 4.78 is 0. The molecule has 0 saturated carbocycles. The number of hydrogen-bond acceptors (Lipinski definition) is 5. The van der Waals surface area contributed by atoms with E-state index >= 15 is 0 Å². The first kappa shape index (κ1) is 29.0. The fourth-order valence-electron chi connectivity index (χ4n) is 6.38. The Labute approximate surface area is 243 Å². The molecule has 2 aliphatic rings. The number of carbonyl (C=O) groups excluding carboxylic acids is 3. The van der Waals surface area contributed by atoms with Crippen molar-refractivity contribution in [3.05, 3.63) is 71.4 Å². The Kier molecular flexibility index (Phi) is 9.52. The monoisotopic (exact) mass is 557 g/mol. The van der Waals surface area contributed by atoms with Crippen molar-refractivity contribution in [1.29, 1.82) is 0 Å². The molecule has 0 radical (unpaired) electrons. The summed E-state index contributed by atoms with van der Waals surface area (Å²) >= 11 is 0. The number of carbonyl (C=O) groups is 3. The molecule has 1 unspecified atom stereocenters. The second kappa shape index (κ2) is 13.4. The van der Waals surface area contributed by atoms with E-state index in [0.29, 0.717) is 12.5 Å². The molecule has 218 valence electrons. The van der Waals surface area contributed by atoms with Gasteiger partial charge in [0.2, 0.25) is 11.8 Å². The summed E-state index contributed by atoms with van der Waals surface area (Å²) in [4.78, 5) is 49.5. The molecule has 0 aliphatic carbocycles. The molecule has 2 aliphatic heterocycles. The molecule has 1 aromatic heterocycles. The van der Waals surface area contributed by atoms with Gasteiger partial charge >= 0.3 is 0 Å². The number of benzene rings is 2. The Morgan fingerprint density at radius 3 is 2.39 bits per heavy atom. The van der Waals surface area contributed by atoms with Crippen LogP contribution in [0.25, 0.3) is 10.9 Å². The highest BCUT2D eigenvalue weighted by Gasteiger charge is 2.31. The Morgan fingerprint density at radius 2 is 1.66 bits per heavy atom. The Hall–Kier alpha value is -3.49. The number of nitrogens with zero attached hydrogens (tertiary/aromatic N) is 3. The topological polar surface area (TPSA) is 88.8 Å². The summed E-state index contributed by atoms with van der Waals surface area (Å²) in [6.45, 7) is 7.94. The van der Waals surface area contributed by atoms with Gasteiger partial charge in [0.25, 0.3) is 5.91 Å². The quantitative estimate of drug-likeness (QED) is 0.415. The summed E-state index contributed by atoms with van der Waals surface area (Å²) in [7, 11) is 0. The van der Waals surface area contributed by atoms with Crippen LogP contribution in [0.3, 0.4) is 0 Å². The number of rotatable bonds is 9. The summed E-state index contributed by atoms with van der Waals surface area (Å²) in [6.07, 6.45) is 8.23. The third-order valence-corrected chi connectivity index (χ3v) is 8.80. The number of aromatic amines is 1. The highest BCUT2D eigenvalue weighted by molar-refractivity contribution is 5.99. The first-order valence-electron chi connectivity index (χ1n) is 15.1. The van der Waals surface area contributed by atoms with E-state index in [9.17, 15) is 14.4 Å². The number of imide groups is 1. The zero-order chi connectivity index (χ0) is 28.8. The Morgan fingerprint density at radius 1 is 0.951 bits per heavy atom. The van der Waals surface area contributed by atoms with Crippen LogP contribution in [0.15, 0.2) is 54.7 Å². The molecule has 5 rings (SSSR count). The van der Waals surface area contributed by atoms with Crippen molar-refractivity contribution < 1.29 is 14.4 Å². The lowest BCUT2D eigenvalue weighted by molar-refractivity contribution is -0.147. The molecule has 2 aromatic carbocycles. The minimum Gasteiger partial charge on any atom is -0.361 e. The van der Waals surface area contributed by atoms with E-state index in [1.165, 1.54) is 44.2 Å². The zero-order valence-electron chi connectivity index (χ0n) is 24.4. The highest BCUT2D eigenvalue weighted by Crippen LogP contribution is 2.22. The van der Waals surface area contributed by atoms with Crippen LogP contribution in [0.4, 0.5) is 0 Å². The van der Waals surface area contributed by atoms with Gasteiger partial charge in [-0.25, -0.2) is 0 Å². The second-order valence-corrected chi connectivity index (χ2v) is 11.7. The summed E-state index contributed by atoms with van der Waals surface area (Å²) in [5.41, 5.74) is 3.82. The average Bonchev–Trinajstić information content (AvgIpc) is 3.39. The van der Waals surface area contributed by atoms with Crippen LogP contribution in [0, 0.1) is 6.92 Å². The largest absolute Gasteiger partial charge is 0.361 e. The number of aromatic nitrogens is 1. The van der Waals surface area contributed by atoms with Gasteiger partial charge < -0.3 is 15.2 Å². The van der Waals surface area contributed by atoms with E-state index in [4.69, 9.17) is 0 Å². The van der Waals surface area contributed by atoms with E-state index in [-0.39, 0.29) is 30.8 Å². The molecule has 8 nitrogen and oxygen atoms in total. The van der Waals surface area contributed by atoms with Gasteiger partial charge in [-0.15, -0.1) is 0 Å². The fraction of sp³-hybridized carbons (Fsp3) is 0.485. The van der Waals surface area contributed by atoms with E-state index in [1.54, 1.807) is 0 Å². The molecule has 1 atom stereocenters. The lowest BCUT2D eigenvalue weighted by Crippen LogP contribution is -2.54. The van der Waals surface area contributed by atoms with Crippen LogP contribution in [-0.2, 0) is 27.3 Å². The molecule has 2 N–H and O–H groups in total. The standard InChI is InChI=1S/C33H43N5O3/c1-24-10-4-5-11-26(24)22-38(25(2)39)33(41)31(20-27-21-34-30-13-7-6-12-29(27)30)35-32(40)23-36-18-14-28(15-19-36)37-16-8-3-9-17-37/h4-7,10-13,21,28,31,34H,3,8-9,14-20,22-23H2,1-2H3,(H,35,40). The van der Waals surface area contributed by atoms with Crippen LogP contribution in [0.2, 0.25) is 0 Å². The van der Waals surface area contributed by atoms with Gasteiger partial charge in [-0.3, -0.25) is 24.2 Å². The fourth-order valence-corrected chi connectivity index (χ4v) is 6.38. The second-order valence-electron chi connectivity index (χ2n) is 11.7. The number of nitrogens with one attached hydrogen (secondary N) is 2.